The molecular weight excluding hydrogens is 695 g/mol. The summed E-state index contributed by atoms with van der Waals surface area (Å²) in [6.07, 6.45) is -6.45. The quantitative estimate of drug-likeness (QED) is 0.314. The van der Waals surface area contributed by atoms with Gasteiger partial charge in [0, 0.05) is 30.6 Å². The normalized spacial score (nSPS) is 23.7. The highest BCUT2D eigenvalue weighted by molar-refractivity contribution is 7.93. The molecular formula is C32H34ClF3N3O9S+. The number of alkyl halides is 3. The van der Waals surface area contributed by atoms with Crippen LogP contribution in [0.15, 0.2) is 53.4 Å². The molecule has 264 valence electrons. The third-order valence-electron chi connectivity index (χ3n) is 9.08. The molecule has 2 N–H and O–H groups in total. The number of likely N-dealkylation sites (tertiary alicyclic amines) is 1. The van der Waals surface area contributed by atoms with Crippen LogP contribution in [0.2, 0.25) is 5.02 Å². The molecule has 0 aliphatic carbocycles. The molecule has 2 aliphatic rings. The number of aliphatic hydroxyl groups excluding tert-OH is 1. The first kappa shape index (κ1) is 36.0. The van der Waals surface area contributed by atoms with Crippen LogP contribution in [-0.2, 0) is 25.2 Å². The van der Waals surface area contributed by atoms with Crippen molar-refractivity contribution in [1.29, 1.82) is 0 Å². The summed E-state index contributed by atoms with van der Waals surface area (Å²) in [4.78, 5) is 28.2. The van der Waals surface area contributed by atoms with Crippen molar-refractivity contribution in [2.45, 2.75) is 42.3 Å². The molecule has 0 spiro atoms. The first-order chi connectivity index (χ1) is 22.9. The zero-order valence-electron chi connectivity index (χ0n) is 27.2. The number of halogens is 4. The molecule has 3 aromatic carbocycles. The fraction of sp³-hybridized carbons (Fsp3) is 0.375. The number of aliphatic hydroxyl groups is 1. The lowest BCUT2D eigenvalue weighted by Crippen LogP contribution is -2.69. The summed E-state index contributed by atoms with van der Waals surface area (Å²) < 4.78 is 89.9. The van der Waals surface area contributed by atoms with Crippen LogP contribution in [0.1, 0.15) is 23.1 Å². The van der Waals surface area contributed by atoms with Gasteiger partial charge in [-0.25, -0.2) is 8.42 Å². The summed E-state index contributed by atoms with van der Waals surface area (Å²) in [7, 11) is 1.31. The molecule has 2 aliphatic heterocycles. The van der Waals surface area contributed by atoms with Crippen molar-refractivity contribution in [3.05, 3.63) is 70.2 Å². The largest absolute Gasteiger partial charge is 0.573 e. The van der Waals surface area contributed by atoms with Crippen LogP contribution in [0.25, 0.3) is 0 Å². The third-order valence-corrected chi connectivity index (χ3v) is 11.0. The van der Waals surface area contributed by atoms with Crippen LogP contribution >= 0.6 is 11.6 Å². The molecule has 0 aromatic heterocycles. The van der Waals surface area contributed by atoms with Gasteiger partial charge in [0.1, 0.15) is 18.4 Å². The highest BCUT2D eigenvalue weighted by Gasteiger charge is 2.72. The van der Waals surface area contributed by atoms with E-state index in [1.54, 1.807) is 32.2 Å². The van der Waals surface area contributed by atoms with Crippen LogP contribution < -0.4 is 28.6 Å². The Morgan fingerprint density at radius 1 is 1.02 bits per heavy atom. The molecule has 4 atom stereocenters. The lowest BCUT2D eigenvalue weighted by Gasteiger charge is -2.48. The minimum atomic E-state index is -5.26. The Balaban J connectivity index is 1.90. The van der Waals surface area contributed by atoms with Crippen molar-refractivity contribution in [2.24, 2.45) is 0 Å². The monoisotopic (exact) mass is 728 g/mol. The highest BCUT2D eigenvalue weighted by atomic mass is 35.5. The van der Waals surface area contributed by atoms with E-state index in [-0.39, 0.29) is 40.6 Å². The molecule has 3 aromatic rings. The summed E-state index contributed by atoms with van der Waals surface area (Å²) in [6.45, 7) is 1.55. The number of amides is 2. The van der Waals surface area contributed by atoms with Gasteiger partial charge in [-0.15, -0.1) is 13.2 Å². The molecule has 0 saturated carbocycles. The number of aryl methyl sites for hydroxylation is 1. The number of quaternary nitrogens is 1. The number of fused-ring (bicyclic) bond motifs is 1. The third kappa shape index (κ3) is 5.59. The second-order valence-electron chi connectivity index (χ2n) is 11.8. The van der Waals surface area contributed by atoms with Crippen LogP contribution in [-0.4, -0.2) is 90.3 Å². The number of nitrogens with zero attached hydrogens (tertiary/aromatic N) is 2. The van der Waals surface area contributed by atoms with Crippen LogP contribution in [0, 0.1) is 6.92 Å². The van der Waals surface area contributed by atoms with E-state index in [2.05, 4.69) is 10.1 Å². The summed E-state index contributed by atoms with van der Waals surface area (Å²) >= 11 is 6.53. The van der Waals surface area contributed by atoms with Crippen LogP contribution in [0.5, 0.6) is 23.0 Å². The van der Waals surface area contributed by atoms with Gasteiger partial charge in [-0.1, -0.05) is 23.2 Å². The van der Waals surface area contributed by atoms with Gasteiger partial charge in [-0.2, -0.15) is 4.31 Å². The van der Waals surface area contributed by atoms with E-state index in [0.717, 1.165) is 20.3 Å². The van der Waals surface area contributed by atoms with Crippen LogP contribution in [0.3, 0.4) is 0 Å². The van der Waals surface area contributed by atoms with E-state index in [0.29, 0.717) is 15.9 Å². The van der Waals surface area contributed by atoms with Gasteiger partial charge >= 0.3 is 12.3 Å². The van der Waals surface area contributed by atoms with E-state index in [9.17, 15) is 31.5 Å². The number of carbonyl (C=O) groups is 2. The van der Waals surface area contributed by atoms with Gasteiger partial charge in [0.05, 0.1) is 50.1 Å². The number of hydrogen-bond donors (Lipinski definition) is 2. The lowest BCUT2D eigenvalue weighted by molar-refractivity contribution is -0.953. The van der Waals surface area contributed by atoms with Crippen molar-refractivity contribution in [3.8, 4) is 23.0 Å². The predicted molar refractivity (Wildman–Crippen MR) is 170 cm³/mol. The van der Waals surface area contributed by atoms with Crippen LogP contribution in [0.4, 0.5) is 18.9 Å². The van der Waals surface area contributed by atoms with E-state index in [1.165, 1.54) is 32.4 Å². The minimum Gasteiger partial charge on any atom is -0.496 e. The Hall–Kier alpha value is -4.25. The maximum atomic E-state index is 15.5. The number of likely N-dealkylation sites (N-methyl/N-ethyl adjacent to an activating group) is 2. The van der Waals surface area contributed by atoms with Gasteiger partial charge in [0.25, 0.3) is 15.9 Å². The number of carbonyl (C=O) groups excluding carboxylic acids is 2. The molecule has 1 fully saturated rings. The van der Waals surface area contributed by atoms with Gasteiger partial charge < -0.3 is 29.4 Å². The molecule has 2 unspecified atom stereocenters. The number of ether oxygens (including phenoxy) is 4. The molecule has 12 nitrogen and oxygen atoms in total. The molecule has 0 radical (unpaired) electrons. The van der Waals surface area contributed by atoms with E-state index < -0.39 is 72.5 Å². The Kier molecular flexibility index (Phi) is 9.25. The second kappa shape index (κ2) is 12.6. The van der Waals surface area contributed by atoms with E-state index >= 15 is 4.79 Å². The topological polar surface area (TPSA) is 141 Å². The standard InChI is InChI=1S/C32H33ClF3N3O9S/c1-17-7-10-25(45-4)22(11-17)31(39(3)16-19(40)13-24(39)29(41)37-2)21-12-18(33)8-9-23(21)38(30(31)42)49(43,44)20-14-26(46-5)28(47-6)27(15-20)48-32(34,35)36/h7-12,14-15,19,24,40H,13,16H2,1-6H3/p+1/t19-,24+,31?,39?/m1/s1. The first-order valence-electron chi connectivity index (χ1n) is 14.7. The SMILES string of the molecule is CNC(=O)[C@@H]1C[C@@H](O)C[N+]1(C)C1(c2cc(C)ccc2OC)C(=O)N(S(=O)(=O)c2cc(OC)c(OC)c(OC(F)(F)F)c2)c2ccc(Cl)cc21. The molecule has 1 saturated heterocycles. The molecule has 2 amide bonds. The number of benzene rings is 3. The van der Waals surface area contributed by atoms with Gasteiger partial charge in [0.2, 0.25) is 11.3 Å². The van der Waals surface area contributed by atoms with E-state index in [1.807, 2.05) is 0 Å². The summed E-state index contributed by atoms with van der Waals surface area (Å²) in [5.74, 6) is -3.49. The Morgan fingerprint density at radius 2 is 1.67 bits per heavy atom. The first-order valence-corrected chi connectivity index (χ1v) is 16.5. The van der Waals surface area contributed by atoms with E-state index in [4.69, 9.17) is 25.8 Å². The molecule has 17 heteroatoms. The summed E-state index contributed by atoms with van der Waals surface area (Å²) in [6, 6.07) is 9.33. The lowest BCUT2D eigenvalue weighted by atomic mass is 9.78. The predicted octanol–water partition coefficient (Wildman–Crippen LogP) is 3.88. The average Bonchev–Trinajstić information content (AvgIpc) is 3.49. The molecule has 0 bridgehead atoms. The maximum absolute atomic E-state index is 15.5. The smallest absolute Gasteiger partial charge is 0.496 e. The second-order valence-corrected chi connectivity index (χ2v) is 14.0. The molecule has 49 heavy (non-hydrogen) atoms. The number of sulfonamides is 1. The summed E-state index contributed by atoms with van der Waals surface area (Å²) in [5, 5.41) is 13.8. The Labute approximate surface area is 285 Å². The van der Waals surface area contributed by atoms with Gasteiger partial charge in [-0.05, 0) is 37.3 Å². The van der Waals surface area contributed by atoms with Crippen molar-refractivity contribution >= 4 is 39.1 Å². The van der Waals surface area contributed by atoms with Crippen molar-refractivity contribution in [2.75, 3.05) is 46.3 Å². The average molecular weight is 729 g/mol. The Bertz CT molecular complexity index is 1940. The maximum Gasteiger partial charge on any atom is 0.573 e. The number of hydrogen-bond acceptors (Lipinski definition) is 9. The highest BCUT2D eigenvalue weighted by Crippen LogP contribution is 2.58. The zero-order chi connectivity index (χ0) is 36.3. The number of anilines is 1. The van der Waals surface area contributed by atoms with Gasteiger partial charge in [-0.3, -0.25) is 14.1 Å². The fourth-order valence-electron chi connectivity index (χ4n) is 7.11. The fourth-order valence-corrected chi connectivity index (χ4v) is 8.78. The molecule has 5 rings (SSSR count). The summed E-state index contributed by atoms with van der Waals surface area (Å²) in [5.41, 5.74) is -1.46. The Morgan fingerprint density at radius 3 is 2.27 bits per heavy atom. The van der Waals surface area contributed by atoms with Crippen molar-refractivity contribution in [1.82, 2.24) is 5.32 Å². The minimum absolute atomic E-state index is 0.0511. The number of nitrogens with one attached hydrogen (secondary N) is 1. The number of methoxy groups -OCH3 is 3. The van der Waals surface area contributed by atoms with Crippen molar-refractivity contribution in [3.63, 3.8) is 0 Å². The van der Waals surface area contributed by atoms with Gasteiger partial charge in [0.15, 0.2) is 17.5 Å². The molecule has 2 heterocycles. The zero-order valence-corrected chi connectivity index (χ0v) is 28.8. The number of rotatable bonds is 9. The van der Waals surface area contributed by atoms with Crippen molar-refractivity contribution < 1.29 is 59.7 Å².